The molecular weight excluding hydrogens is 278 g/mol. The molecule has 0 aromatic rings. The van der Waals surface area contributed by atoms with Crippen LogP contribution in [0.25, 0.3) is 0 Å². The summed E-state index contributed by atoms with van der Waals surface area (Å²) in [5, 5.41) is 0. The van der Waals surface area contributed by atoms with Crippen molar-refractivity contribution in [3.05, 3.63) is 0 Å². The highest BCUT2D eigenvalue weighted by atomic mass is 19.2. The first-order valence-corrected chi connectivity index (χ1v) is 9.82. The van der Waals surface area contributed by atoms with Gasteiger partial charge in [0.25, 0.3) is 0 Å². The van der Waals surface area contributed by atoms with Crippen molar-refractivity contribution in [1.82, 2.24) is 0 Å². The average molecular weight is 312 g/mol. The predicted octanol–water partition coefficient (Wildman–Crippen LogP) is 6.34. The highest BCUT2D eigenvalue weighted by Crippen LogP contribution is 2.46. The molecular formula is C20H34F2. The van der Waals surface area contributed by atoms with Crippen LogP contribution in [0.3, 0.4) is 0 Å². The molecule has 0 aliphatic heterocycles. The Kier molecular flexibility index (Phi) is 5.45. The fourth-order valence-electron chi connectivity index (χ4n) is 5.71. The Labute approximate surface area is 135 Å². The van der Waals surface area contributed by atoms with Gasteiger partial charge in [-0.2, -0.15) is 0 Å². The van der Waals surface area contributed by atoms with Gasteiger partial charge < -0.3 is 0 Å². The second-order valence-corrected chi connectivity index (χ2v) is 8.86. The largest absolute Gasteiger partial charge is 0.244 e. The van der Waals surface area contributed by atoms with E-state index in [9.17, 15) is 8.78 Å². The molecule has 0 bridgehead atoms. The normalized spacial score (nSPS) is 50.7. The van der Waals surface area contributed by atoms with Gasteiger partial charge in [-0.05, 0) is 86.9 Å². The third-order valence-corrected chi connectivity index (χ3v) is 7.30. The van der Waals surface area contributed by atoms with E-state index in [0.717, 1.165) is 24.2 Å². The molecule has 4 atom stereocenters. The van der Waals surface area contributed by atoms with Crippen molar-refractivity contribution < 1.29 is 8.78 Å². The molecule has 0 N–H and O–H groups in total. The SMILES string of the molecule is CC1CCC(C2CCC(C3CC(C)C(F)C(F)C3)CC2)CC1. The Bertz CT molecular complexity index is 328. The molecule has 0 spiro atoms. The van der Waals surface area contributed by atoms with E-state index in [0.29, 0.717) is 18.3 Å². The van der Waals surface area contributed by atoms with Gasteiger partial charge in [0, 0.05) is 0 Å². The summed E-state index contributed by atoms with van der Waals surface area (Å²) in [5.41, 5.74) is 0. The van der Waals surface area contributed by atoms with E-state index in [1.807, 2.05) is 6.92 Å². The molecule has 0 heterocycles. The van der Waals surface area contributed by atoms with E-state index in [1.165, 1.54) is 51.4 Å². The van der Waals surface area contributed by atoms with Crippen LogP contribution in [0.2, 0.25) is 0 Å². The maximum atomic E-state index is 13.9. The Morgan fingerprint density at radius 2 is 1.05 bits per heavy atom. The molecule has 0 radical (unpaired) electrons. The number of alkyl halides is 2. The Balaban J connectivity index is 1.47. The average Bonchev–Trinajstić information content (AvgIpc) is 2.53. The highest BCUT2D eigenvalue weighted by Gasteiger charge is 2.40. The molecule has 3 aliphatic rings. The molecule has 2 heteroatoms. The van der Waals surface area contributed by atoms with Gasteiger partial charge in [0.2, 0.25) is 0 Å². The van der Waals surface area contributed by atoms with Gasteiger partial charge in [-0.25, -0.2) is 8.78 Å². The van der Waals surface area contributed by atoms with Crippen LogP contribution in [0.15, 0.2) is 0 Å². The van der Waals surface area contributed by atoms with E-state index in [2.05, 4.69) is 6.92 Å². The number of hydrogen-bond donors (Lipinski definition) is 0. The third-order valence-electron chi connectivity index (χ3n) is 7.30. The first kappa shape index (κ1) is 16.7. The van der Waals surface area contributed by atoms with Crippen LogP contribution in [0.1, 0.15) is 78.1 Å². The van der Waals surface area contributed by atoms with Crippen LogP contribution in [-0.2, 0) is 0 Å². The second kappa shape index (κ2) is 7.18. The Morgan fingerprint density at radius 1 is 0.591 bits per heavy atom. The maximum Gasteiger partial charge on any atom is 0.134 e. The zero-order valence-corrected chi connectivity index (χ0v) is 14.4. The molecule has 0 amide bonds. The van der Waals surface area contributed by atoms with Crippen molar-refractivity contribution >= 4 is 0 Å². The Morgan fingerprint density at radius 3 is 1.55 bits per heavy atom. The summed E-state index contributed by atoms with van der Waals surface area (Å²) in [5.74, 6) is 3.88. The van der Waals surface area contributed by atoms with Crippen LogP contribution in [0.4, 0.5) is 8.78 Å². The summed E-state index contributed by atoms with van der Waals surface area (Å²) < 4.78 is 27.5. The molecule has 4 unspecified atom stereocenters. The highest BCUT2D eigenvalue weighted by molar-refractivity contribution is 4.90. The summed E-state index contributed by atoms with van der Waals surface area (Å²) >= 11 is 0. The first-order chi connectivity index (χ1) is 10.5. The van der Waals surface area contributed by atoms with E-state index >= 15 is 0 Å². The van der Waals surface area contributed by atoms with Gasteiger partial charge in [-0.3, -0.25) is 0 Å². The van der Waals surface area contributed by atoms with E-state index < -0.39 is 12.3 Å². The van der Waals surface area contributed by atoms with Crippen LogP contribution in [0, 0.1) is 35.5 Å². The predicted molar refractivity (Wildman–Crippen MR) is 88.3 cm³/mol. The van der Waals surface area contributed by atoms with Crippen LogP contribution >= 0.6 is 0 Å². The van der Waals surface area contributed by atoms with Gasteiger partial charge in [-0.1, -0.05) is 26.7 Å². The molecule has 0 aromatic carbocycles. The Hall–Kier alpha value is -0.140. The smallest absolute Gasteiger partial charge is 0.134 e. The maximum absolute atomic E-state index is 13.9. The van der Waals surface area contributed by atoms with Crippen LogP contribution in [0.5, 0.6) is 0 Å². The van der Waals surface area contributed by atoms with Gasteiger partial charge in [0.15, 0.2) is 0 Å². The summed E-state index contributed by atoms with van der Waals surface area (Å²) in [7, 11) is 0. The van der Waals surface area contributed by atoms with Crippen molar-refractivity contribution in [1.29, 1.82) is 0 Å². The lowest BCUT2D eigenvalue weighted by Gasteiger charge is -2.42. The lowest BCUT2D eigenvalue weighted by Crippen LogP contribution is -2.38. The standard InChI is InChI=1S/C20H34F2/c1-13-3-5-15(6-4-13)16-7-9-17(10-8-16)18-11-14(2)20(22)19(21)12-18/h13-20H,3-12H2,1-2H3. The lowest BCUT2D eigenvalue weighted by molar-refractivity contribution is 0.0143. The van der Waals surface area contributed by atoms with E-state index in [1.54, 1.807) is 0 Å². The molecule has 22 heavy (non-hydrogen) atoms. The fraction of sp³-hybridized carbons (Fsp3) is 1.00. The molecule has 128 valence electrons. The topological polar surface area (TPSA) is 0 Å². The molecule has 3 fully saturated rings. The lowest BCUT2D eigenvalue weighted by atomic mass is 9.64. The zero-order valence-electron chi connectivity index (χ0n) is 14.4. The molecule has 3 aliphatic carbocycles. The summed E-state index contributed by atoms with van der Waals surface area (Å²) in [4.78, 5) is 0. The quantitative estimate of drug-likeness (QED) is 0.558. The fourth-order valence-corrected chi connectivity index (χ4v) is 5.71. The van der Waals surface area contributed by atoms with Gasteiger partial charge >= 0.3 is 0 Å². The monoisotopic (exact) mass is 312 g/mol. The van der Waals surface area contributed by atoms with Crippen molar-refractivity contribution in [2.45, 2.75) is 90.4 Å². The van der Waals surface area contributed by atoms with Crippen molar-refractivity contribution in [2.24, 2.45) is 35.5 Å². The summed E-state index contributed by atoms with van der Waals surface area (Å²) in [6.07, 6.45) is 9.96. The number of halogens is 2. The van der Waals surface area contributed by atoms with Gasteiger partial charge in [-0.15, -0.1) is 0 Å². The zero-order chi connectivity index (χ0) is 15.7. The van der Waals surface area contributed by atoms with Crippen LogP contribution < -0.4 is 0 Å². The molecule has 3 saturated carbocycles. The first-order valence-electron chi connectivity index (χ1n) is 9.82. The van der Waals surface area contributed by atoms with Crippen molar-refractivity contribution in [2.75, 3.05) is 0 Å². The van der Waals surface area contributed by atoms with Gasteiger partial charge in [0.05, 0.1) is 0 Å². The second-order valence-electron chi connectivity index (χ2n) is 8.86. The molecule has 3 rings (SSSR count). The molecule has 0 nitrogen and oxygen atoms in total. The minimum absolute atomic E-state index is 0.0775. The van der Waals surface area contributed by atoms with E-state index in [-0.39, 0.29) is 5.92 Å². The number of rotatable bonds is 2. The number of hydrogen-bond acceptors (Lipinski definition) is 0. The summed E-state index contributed by atoms with van der Waals surface area (Å²) in [6, 6.07) is 0. The summed E-state index contributed by atoms with van der Waals surface area (Å²) in [6.45, 7) is 4.29. The minimum atomic E-state index is -1.21. The van der Waals surface area contributed by atoms with Crippen molar-refractivity contribution in [3.63, 3.8) is 0 Å². The minimum Gasteiger partial charge on any atom is -0.244 e. The third kappa shape index (κ3) is 3.67. The molecule has 0 saturated heterocycles. The van der Waals surface area contributed by atoms with Gasteiger partial charge in [0.1, 0.15) is 12.3 Å². The molecule has 0 aromatic heterocycles. The van der Waals surface area contributed by atoms with Crippen LogP contribution in [-0.4, -0.2) is 12.3 Å². The van der Waals surface area contributed by atoms with E-state index in [4.69, 9.17) is 0 Å². The van der Waals surface area contributed by atoms with Crippen molar-refractivity contribution in [3.8, 4) is 0 Å².